The number of thioether (sulfide) groups is 1. The van der Waals surface area contributed by atoms with Crippen LogP contribution >= 0.6 is 11.8 Å². The van der Waals surface area contributed by atoms with Crippen LogP contribution in [0.5, 0.6) is 0 Å². The van der Waals surface area contributed by atoms with E-state index in [-0.39, 0.29) is 11.7 Å². The Morgan fingerprint density at radius 3 is 2.67 bits per heavy atom. The lowest BCUT2D eigenvalue weighted by Crippen LogP contribution is -2.15. The quantitative estimate of drug-likeness (QED) is 0.571. The number of nitrogens with one attached hydrogen (secondary N) is 1. The monoisotopic (exact) mass is 384 g/mol. The predicted molar refractivity (Wildman–Crippen MR) is 108 cm³/mol. The molecule has 1 N–H and O–H groups in total. The molecule has 7 heteroatoms. The zero-order valence-electron chi connectivity index (χ0n) is 15.9. The van der Waals surface area contributed by atoms with Crippen LogP contribution in [0.15, 0.2) is 46.2 Å². The molecule has 0 bridgehead atoms. The lowest BCUT2D eigenvalue weighted by molar-refractivity contribution is -0.113. The first-order valence-corrected chi connectivity index (χ1v) is 10.0. The van der Waals surface area contributed by atoms with Crippen molar-refractivity contribution in [2.75, 3.05) is 11.1 Å². The summed E-state index contributed by atoms with van der Waals surface area (Å²) in [5.41, 5.74) is 3.07. The third-order valence-electron chi connectivity index (χ3n) is 4.03. The molecule has 2 aromatic heterocycles. The lowest BCUT2D eigenvalue weighted by atomic mass is 10.1. The second-order valence-electron chi connectivity index (χ2n) is 6.50. The van der Waals surface area contributed by atoms with Crippen LogP contribution in [0.2, 0.25) is 0 Å². The molecule has 27 heavy (non-hydrogen) atoms. The molecular weight excluding hydrogens is 360 g/mol. The van der Waals surface area contributed by atoms with Gasteiger partial charge in [-0.15, -0.1) is 10.2 Å². The van der Waals surface area contributed by atoms with Gasteiger partial charge >= 0.3 is 0 Å². The Hall–Kier alpha value is -2.54. The van der Waals surface area contributed by atoms with Crippen LogP contribution in [0.25, 0.3) is 11.6 Å². The van der Waals surface area contributed by atoms with Crippen LogP contribution in [0.3, 0.4) is 0 Å². The summed E-state index contributed by atoms with van der Waals surface area (Å²) in [7, 11) is 0. The molecule has 3 aromatic rings. The number of rotatable bonds is 8. The molecule has 1 aromatic carbocycles. The zero-order chi connectivity index (χ0) is 19.2. The Bertz CT molecular complexity index is 883. The maximum absolute atomic E-state index is 12.4. The van der Waals surface area contributed by atoms with E-state index in [2.05, 4.69) is 28.5 Å². The van der Waals surface area contributed by atoms with Crippen molar-refractivity contribution in [2.45, 2.75) is 45.3 Å². The van der Waals surface area contributed by atoms with Gasteiger partial charge in [-0.05, 0) is 55.7 Å². The molecule has 3 rings (SSSR count). The van der Waals surface area contributed by atoms with E-state index in [0.29, 0.717) is 11.6 Å². The van der Waals surface area contributed by atoms with Gasteiger partial charge in [-0.25, -0.2) is 0 Å². The van der Waals surface area contributed by atoms with E-state index in [4.69, 9.17) is 4.42 Å². The largest absolute Gasteiger partial charge is 0.461 e. The summed E-state index contributed by atoms with van der Waals surface area (Å²) in [5.74, 6) is 1.60. The van der Waals surface area contributed by atoms with Gasteiger partial charge in [0.2, 0.25) is 5.91 Å². The topological polar surface area (TPSA) is 73.0 Å². The van der Waals surface area contributed by atoms with Crippen molar-refractivity contribution in [1.29, 1.82) is 0 Å². The summed E-state index contributed by atoms with van der Waals surface area (Å²) in [4.78, 5) is 12.4. The number of amides is 1. The highest BCUT2D eigenvalue weighted by Crippen LogP contribution is 2.25. The van der Waals surface area contributed by atoms with Crippen LogP contribution in [0.4, 0.5) is 5.69 Å². The second kappa shape index (κ2) is 8.90. The van der Waals surface area contributed by atoms with E-state index in [1.54, 1.807) is 6.26 Å². The van der Waals surface area contributed by atoms with Crippen molar-refractivity contribution in [2.24, 2.45) is 0 Å². The van der Waals surface area contributed by atoms with Crippen LogP contribution in [0, 0.1) is 13.8 Å². The van der Waals surface area contributed by atoms with Gasteiger partial charge in [-0.1, -0.05) is 31.2 Å². The standard InChI is InChI=1S/C20H24N4O2S/c1-4-5-8-24-19(17-7-6-9-26-17)22-23-20(24)27-13-18(25)21-16-11-14(2)10-15(3)12-16/h6-7,9-12H,4-5,8,13H2,1-3H3,(H,21,25). The van der Waals surface area contributed by atoms with Crippen LogP contribution < -0.4 is 5.32 Å². The van der Waals surface area contributed by atoms with Gasteiger partial charge in [-0.2, -0.15) is 0 Å². The highest BCUT2D eigenvalue weighted by molar-refractivity contribution is 7.99. The van der Waals surface area contributed by atoms with E-state index in [1.807, 2.05) is 42.7 Å². The number of aromatic nitrogens is 3. The Labute approximate surface area is 163 Å². The maximum atomic E-state index is 12.4. The van der Waals surface area contributed by atoms with Crippen LogP contribution in [0.1, 0.15) is 30.9 Å². The van der Waals surface area contributed by atoms with Crippen molar-refractivity contribution in [1.82, 2.24) is 14.8 Å². The van der Waals surface area contributed by atoms with E-state index in [1.165, 1.54) is 11.8 Å². The van der Waals surface area contributed by atoms with Crippen molar-refractivity contribution in [3.63, 3.8) is 0 Å². The molecule has 0 spiro atoms. The smallest absolute Gasteiger partial charge is 0.234 e. The Balaban J connectivity index is 1.68. The number of carbonyl (C=O) groups excluding carboxylic acids is 1. The first kappa shape index (κ1) is 19.2. The number of aryl methyl sites for hydroxylation is 2. The molecule has 142 valence electrons. The lowest BCUT2D eigenvalue weighted by Gasteiger charge is -2.09. The first-order chi connectivity index (χ1) is 13.1. The van der Waals surface area contributed by atoms with Gasteiger partial charge < -0.3 is 9.73 Å². The SMILES string of the molecule is CCCCn1c(SCC(=O)Nc2cc(C)cc(C)c2)nnc1-c1ccco1. The summed E-state index contributed by atoms with van der Waals surface area (Å²) < 4.78 is 7.49. The number of furan rings is 1. The maximum Gasteiger partial charge on any atom is 0.234 e. The molecule has 0 saturated carbocycles. The molecule has 0 fully saturated rings. The molecule has 0 aliphatic carbocycles. The van der Waals surface area contributed by atoms with Crippen molar-refractivity contribution in [3.05, 3.63) is 47.7 Å². The number of hydrogen-bond acceptors (Lipinski definition) is 5. The number of carbonyl (C=O) groups is 1. The minimum Gasteiger partial charge on any atom is -0.461 e. The third-order valence-corrected chi connectivity index (χ3v) is 5.00. The molecule has 0 radical (unpaired) electrons. The van der Waals surface area contributed by atoms with Gasteiger partial charge in [0, 0.05) is 12.2 Å². The molecule has 0 aliphatic rings. The molecule has 2 heterocycles. The summed E-state index contributed by atoms with van der Waals surface area (Å²) in [6.07, 6.45) is 3.69. The van der Waals surface area contributed by atoms with Gasteiger partial charge in [-0.3, -0.25) is 9.36 Å². The second-order valence-corrected chi connectivity index (χ2v) is 7.44. The predicted octanol–water partition coefficient (Wildman–Crippen LogP) is 4.69. The Morgan fingerprint density at radius 1 is 1.22 bits per heavy atom. The van der Waals surface area contributed by atoms with Gasteiger partial charge in [0.1, 0.15) is 0 Å². The fourth-order valence-electron chi connectivity index (χ4n) is 2.88. The number of anilines is 1. The first-order valence-electron chi connectivity index (χ1n) is 9.05. The van der Waals surface area contributed by atoms with E-state index < -0.39 is 0 Å². The average molecular weight is 385 g/mol. The summed E-state index contributed by atoms with van der Waals surface area (Å²) in [5, 5.41) is 12.2. The third kappa shape index (κ3) is 5.01. The fraction of sp³-hybridized carbons (Fsp3) is 0.350. The number of hydrogen-bond donors (Lipinski definition) is 1. The molecule has 0 aliphatic heterocycles. The Kier molecular flexibility index (Phi) is 6.34. The molecule has 6 nitrogen and oxygen atoms in total. The average Bonchev–Trinajstić information content (AvgIpc) is 3.26. The molecule has 1 amide bonds. The number of nitrogens with zero attached hydrogens (tertiary/aromatic N) is 3. The van der Waals surface area contributed by atoms with Crippen molar-refractivity contribution in [3.8, 4) is 11.6 Å². The minimum absolute atomic E-state index is 0.0606. The van der Waals surface area contributed by atoms with Gasteiger partial charge in [0.05, 0.1) is 12.0 Å². The van der Waals surface area contributed by atoms with E-state index >= 15 is 0 Å². The Morgan fingerprint density at radius 2 is 2.00 bits per heavy atom. The highest BCUT2D eigenvalue weighted by atomic mass is 32.2. The molecular formula is C20H24N4O2S. The summed E-state index contributed by atoms with van der Waals surface area (Å²) in [6.45, 7) is 6.97. The molecule has 0 atom stereocenters. The molecule has 0 saturated heterocycles. The van der Waals surface area contributed by atoms with Crippen molar-refractivity contribution >= 4 is 23.4 Å². The summed E-state index contributed by atoms with van der Waals surface area (Å²) in [6, 6.07) is 9.71. The van der Waals surface area contributed by atoms with E-state index in [0.717, 1.165) is 41.4 Å². The fourth-order valence-corrected chi connectivity index (χ4v) is 3.64. The minimum atomic E-state index is -0.0606. The summed E-state index contributed by atoms with van der Waals surface area (Å²) >= 11 is 1.39. The van der Waals surface area contributed by atoms with Gasteiger partial charge in [0.15, 0.2) is 16.7 Å². The highest BCUT2D eigenvalue weighted by Gasteiger charge is 2.17. The number of benzene rings is 1. The van der Waals surface area contributed by atoms with Crippen LogP contribution in [-0.2, 0) is 11.3 Å². The normalized spacial score (nSPS) is 10.9. The zero-order valence-corrected chi connectivity index (χ0v) is 16.7. The van der Waals surface area contributed by atoms with Crippen LogP contribution in [-0.4, -0.2) is 26.4 Å². The van der Waals surface area contributed by atoms with E-state index in [9.17, 15) is 4.79 Å². The van der Waals surface area contributed by atoms with Crippen molar-refractivity contribution < 1.29 is 9.21 Å². The number of unbranched alkanes of at least 4 members (excludes halogenated alkanes) is 1. The molecule has 0 unspecified atom stereocenters. The van der Waals surface area contributed by atoms with Gasteiger partial charge in [0.25, 0.3) is 0 Å².